The maximum atomic E-state index is 12.6. The highest BCUT2D eigenvalue weighted by atomic mass is 35.5. The van der Waals surface area contributed by atoms with Crippen LogP contribution in [-0.2, 0) is 4.79 Å². The molecule has 1 saturated heterocycles. The first-order valence-electron chi connectivity index (χ1n) is 8.55. The number of piperazine rings is 1. The summed E-state index contributed by atoms with van der Waals surface area (Å²) in [5.41, 5.74) is 2.57. The molecule has 0 spiro atoms. The smallest absolute Gasteiger partial charge is 0.226 e. The lowest BCUT2D eigenvalue weighted by Crippen LogP contribution is -3.10. The molecule has 2 fully saturated rings. The summed E-state index contributed by atoms with van der Waals surface area (Å²) in [6.07, 6.45) is 5.95. The molecule has 3 rings (SSSR count). The monoisotopic (exact) mass is 321 g/mol. The van der Waals surface area contributed by atoms with E-state index < -0.39 is 0 Å². The lowest BCUT2D eigenvalue weighted by Gasteiger charge is -2.35. The predicted molar refractivity (Wildman–Crippen MR) is 89.7 cm³/mol. The second-order valence-electron chi connectivity index (χ2n) is 6.72. The molecule has 0 atom stereocenters. The predicted octanol–water partition coefficient (Wildman–Crippen LogP) is 2.59. The summed E-state index contributed by atoms with van der Waals surface area (Å²) in [6.45, 7) is 5.85. The van der Waals surface area contributed by atoms with Crippen LogP contribution in [0, 0.1) is 12.8 Å². The Morgan fingerprint density at radius 1 is 1.18 bits per heavy atom. The summed E-state index contributed by atoms with van der Waals surface area (Å²) in [4.78, 5) is 16.2. The Balaban J connectivity index is 1.60. The molecule has 1 aliphatic carbocycles. The van der Waals surface area contributed by atoms with Gasteiger partial charge in [0, 0.05) is 22.6 Å². The van der Waals surface area contributed by atoms with Gasteiger partial charge in [0.15, 0.2) is 0 Å². The molecule has 1 aromatic carbocycles. The Morgan fingerprint density at radius 3 is 2.55 bits per heavy atom. The lowest BCUT2D eigenvalue weighted by atomic mass is 9.88. The number of quaternary nitrogens is 1. The first-order valence-corrected chi connectivity index (χ1v) is 8.93. The van der Waals surface area contributed by atoms with Gasteiger partial charge in [-0.3, -0.25) is 9.69 Å². The first-order chi connectivity index (χ1) is 10.6. The molecule has 0 radical (unpaired) electrons. The highest BCUT2D eigenvalue weighted by Gasteiger charge is 2.30. The van der Waals surface area contributed by atoms with Gasteiger partial charge in [-0.15, -0.1) is 0 Å². The van der Waals surface area contributed by atoms with Gasteiger partial charge in [-0.1, -0.05) is 36.9 Å². The number of carbonyl (C=O) groups is 1. The zero-order valence-corrected chi connectivity index (χ0v) is 14.2. The van der Waals surface area contributed by atoms with Crippen molar-refractivity contribution in [2.45, 2.75) is 39.0 Å². The molecule has 120 valence electrons. The highest BCUT2D eigenvalue weighted by Crippen LogP contribution is 2.25. The van der Waals surface area contributed by atoms with Gasteiger partial charge in [0.05, 0.1) is 26.2 Å². The summed E-state index contributed by atoms with van der Waals surface area (Å²) in [7, 11) is 0. The SMILES string of the molecule is Cc1ccc(Cl)cc1[NH+]1CCN(C(=O)C2CCCCC2)CC1. The van der Waals surface area contributed by atoms with Crippen LogP contribution in [0.2, 0.25) is 5.02 Å². The molecule has 1 amide bonds. The van der Waals surface area contributed by atoms with Crippen LogP contribution in [0.15, 0.2) is 18.2 Å². The van der Waals surface area contributed by atoms with Crippen molar-refractivity contribution in [3.05, 3.63) is 28.8 Å². The summed E-state index contributed by atoms with van der Waals surface area (Å²) in [6, 6.07) is 6.11. The number of aryl methyl sites for hydroxylation is 1. The van der Waals surface area contributed by atoms with Crippen LogP contribution in [0.5, 0.6) is 0 Å². The molecule has 22 heavy (non-hydrogen) atoms. The van der Waals surface area contributed by atoms with Gasteiger partial charge in [-0.05, 0) is 25.8 Å². The number of nitrogens with one attached hydrogen (secondary N) is 1. The number of hydrogen-bond donors (Lipinski definition) is 1. The Hall–Kier alpha value is -1.06. The summed E-state index contributed by atoms with van der Waals surface area (Å²) < 4.78 is 0. The summed E-state index contributed by atoms with van der Waals surface area (Å²) in [5.74, 6) is 0.699. The van der Waals surface area contributed by atoms with Crippen molar-refractivity contribution in [3.8, 4) is 0 Å². The maximum Gasteiger partial charge on any atom is 0.226 e. The fourth-order valence-corrected chi connectivity index (χ4v) is 4.02. The zero-order chi connectivity index (χ0) is 15.5. The molecule has 0 aromatic heterocycles. The summed E-state index contributed by atoms with van der Waals surface area (Å²) >= 11 is 6.14. The van der Waals surface area contributed by atoms with Crippen molar-refractivity contribution in [1.82, 2.24) is 4.90 Å². The Bertz CT molecular complexity index is 532. The van der Waals surface area contributed by atoms with E-state index in [4.69, 9.17) is 11.6 Å². The molecule has 1 saturated carbocycles. The molecular weight excluding hydrogens is 296 g/mol. The Morgan fingerprint density at radius 2 is 1.86 bits per heavy atom. The maximum absolute atomic E-state index is 12.6. The molecule has 1 aliphatic heterocycles. The second kappa shape index (κ2) is 7.01. The Labute approximate surface area is 138 Å². The van der Waals surface area contributed by atoms with Crippen molar-refractivity contribution >= 4 is 23.2 Å². The molecule has 2 aliphatic rings. The molecule has 3 nitrogen and oxygen atoms in total. The minimum Gasteiger partial charge on any atom is -0.331 e. The van der Waals surface area contributed by atoms with Crippen LogP contribution < -0.4 is 4.90 Å². The van der Waals surface area contributed by atoms with Crippen molar-refractivity contribution in [2.75, 3.05) is 26.2 Å². The van der Waals surface area contributed by atoms with Crippen LogP contribution in [-0.4, -0.2) is 37.0 Å². The number of rotatable bonds is 2. The number of halogens is 1. The molecule has 0 bridgehead atoms. The van der Waals surface area contributed by atoms with Crippen LogP contribution >= 0.6 is 11.6 Å². The zero-order valence-electron chi connectivity index (χ0n) is 13.4. The fraction of sp³-hybridized carbons (Fsp3) is 0.611. The van der Waals surface area contributed by atoms with Gasteiger partial charge in [0.1, 0.15) is 5.69 Å². The van der Waals surface area contributed by atoms with Gasteiger partial charge in [-0.25, -0.2) is 0 Å². The van der Waals surface area contributed by atoms with Gasteiger partial charge >= 0.3 is 0 Å². The minimum atomic E-state index is 0.295. The molecule has 0 unspecified atom stereocenters. The van der Waals surface area contributed by atoms with Gasteiger partial charge in [0.2, 0.25) is 5.91 Å². The number of carbonyl (C=O) groups excluding carboxylic acids is 1. The van der Waals surface area contributed by atoms with E-state index in [1.165, 1.54) is 35.4 Å². The van der Waals surface area contributed by atoms with Crippen molar-refractivity contribution in [2.24, 2.45) is 5.92 Å². The van der Waals surface area contributed by atoms with Crippen molar-refractivity contribution in [1.29, 1.82) is 0 Å². The van der Waals surface area contributed by atoms with Crippen LogP contribution in [0.25, 0.3) is 0 Å². The molecule has 1 N–H and O–H groups in total. The third-order valence-electron chi connectivity index (χ3n) is 5.21. The third-order valence-corrected chi connectivity index (χ3v) is 5.45. The average molecular weight is 322 g/mol. The highest BCUT2D eigenvalue weighted by molar-refractivity contribution is 6.30. The van der Waals surface area contributed by atoms with E-state index in [0.29, 0.717) is 11.8 Å². The molecular formula is C18H26ClN2O+. The van der Waals surface area contributed by atoms with Gasteiger partial charge in [-0.2, -0.15) is 0 Å². The number of nitrogens with zero attached hydrogens (tertiary/aromatic N) is 1. The molecule has 1 aromatic rings. The van der Waals surface area contributed by atoms with Crippen LogP contribution in [0.3, 0.4) is 0 Å². The van der Waals surface area contributed by atoms with Crippen LogP contribution in [0.4, 0.5) is 5.69 Å². The van der Waals surface area contributed by atoms with E-state index in [-0.39, 0.29) is 0 Å². The Kier molecular flexibility index (Phi) is 5.04. The normalized spacial score (nSPS) is 21.1. The summed E-state index contributed by atoms with van der Waals surface area (Å²) in [5, 5.41) is 0.800. The first kappa shape index (κ1) is 15.8. The fourth-order valence-electron chi connectivity index (χ4n) is 3.85. The third kappa shape index (κ3) is 3.47. The quantitative estimate of drug-likeness (QED) is 0.889. The molecule has 1 heterocycles. The van der Waals surface area contributed by atoms with E-state index >= 15 is 0 Å². The van der Waals surface area contributed by atoms with E-state index in [9.17, 15) is 4.79 Å². The van der Waals surface area contributed by atoms with E-state index in [0.717, 1.165) is 44.0 Å². The second-order valence-corrected chi connectivity index (χ2v) is 7.16. The molecule has 4 heteroatoms. The lowest BCUT2D eigenvalue weighted by molar-refractivity contribution is -0.837. The number of amides is 1. The topological polar surface area (TPSA) is 24.8 Å². The van der Waals surface area contributed by atoms with Gasteiger partial charge < -0.3 is 4.90 Å². The van der Waals surface area contributed by atoms with Crippen molar-refractivity contribution < 1.29 is 9.69 Å². The van der Waals surface area contributed by atoms with Crippen LogP contribution in [0.1, 0.15) is 37.7 Å². The minimum absolute atomic E-state index is 0.295. The standard InChI is InChI=1S/C18H25ClN2O/c1-14-7-8-16(19)13-17(14)20-9-11-21(12-10-20)18(22)15-5-3-2-4-6-15/h7-8,13,15H,2-6,9-12H2,1H3/p+1. The average Bonchev–Trinajstić information content (AvgIpc) is 2.57. The van der Waals surface area contributed by atoms with Gasteiger partial charge in [0.25, 0.3) is 0 Å². The van der Waals surface area contributed by atoms with E-state index in [1.807, 2.05) is 6.07 Å². The number of hydrogen-bond acceptors (Lipinski definition) is 1. The largest absolute Gasteiger partial charge is 0.331 e. The van der Waals surface area contributed by atoms with E-state index in [2.05, 4.69) is 24.0 Å². The van der Waals surface area contributed by atoms with Crippen molar-refractivity contribution in [3.63, 3.8) is 0 Å². The number of benzene rings is 1. The van der Waals surface area contributed by atoms with E-state index in [1.54, 1.807) is 0 Å².